The Labute approximate surface area is 414 Å². The van der Waals surface area contributed by atoms with E-state index in [0.29, 0.717) is 0 Å². The molecule has 22 heterocycles. The van der Waals surface area contributed by atoms with Crippen LogP contribution in [0.5, 0.6) is 0 Å². The molecule has 32 nitrogen and oxygen atoms in total. The Hall–Kier alpha value is -1.28. The summed E-state index contributed by atoms with van der Waals surface area (Å²) in [5.41, 5.74) is 0. The van der Waals surface area contributed by atoms with Crippen molar-refractivity contribution in [3.05, 3.63) is 0 Å². The minimum absolute atomic E-state index is 0.271. The first-order valence-corrected chi connectivity index (χ1v) is 23.7. The van der Waals surface area contributed by atoms with E-state index in [-0.39, 0.29) is 6.42 Å². The molecule has 12 bridgehead atoms. The summed E-state index contributed by atoms with van der Waals surface area (Å²) in [6.45, 7) is -5.25. The molecule has 22 aliphatic heterocycles. The molecule has 0 amide bonds. The van der Waals surface area contributed by atoms with Crippen molar-refractivity contribution in [1.29, 1.82) is 0 Å². The van der Waals surface area contributed by atoms with E-state index in [9.17, 15) is 97.0 Å². The molecule has 0 spiro atoms. The van der Waals surface area contributed by atoms with Crippen molar-refractivity contribution in [2.24, 2.45) is 0 Å². The molecule has 0 saturated carbocycles. The van der Waals surface area contributed by atoms with Gasteiger partial charge in [0.1, 0.15) is 146 Å². The molecular formula is C41H70O32. The lowest BCUT2D eigenvalue weighted by Crippen LogP contribution is -2.69. The molecule has 0 aliphatic carbocycles. The first-order chi connectivity index (χ1) is 34.7. The summed E-state index contributed by atoms with van der Waals surface area (Å²) in [4.78, 5) is 0. The predicted molar refractivity (Wildman–Crippen MR) is 222 cm³/mol. The summed E-state index contributed by atoms with van der Waals surface area (Å²) in [5, 5.41) is 208. The maximum absolute atomic E-state index is 11.8. The molecule has 0 aromatic heterocycles. The van der Waals surface area contributed by atoms with Crippen molar-refractivity contribution < 1.29 is 159 Å². The van der Waals surface area contributed by atoms with Crippen LogP contribution >= 0.6 is 0 Å². The zero-order chi connectivity index (χ0) is 53.3. The second kappa shape index (κ2) is 25.7. The quantitative estimate of drug-likeness (QED) is 0.0913. The average Bonchev–Trinajstić information content (AvgIpc) is 3.37. The number of hydrogen-bond donors (Lipinski definition) is 19. The Morgan fingerprint density at radius 1 is 0.315 bits per heavy atom. The van der Waals surface area contributed by atoms with Crippen LogP contribution in [-0.2, 0) is 61.6 Å². The lowest BCUT2D eigenvalue weighted by molar-refractivity contribution is -0.405. The normalized spacial score (nSPS) is 52.1. The molecule has 22 rings (SSSR count). The molecule has 0 radical (unpaired) electrons. The van der Waals surface area contributed by atoms with E-state index in [1.165, 1.54) is 6.92 Å². The minimum Gasteiger partial charge on any atom is -0.394 e. The number of ether oxygens (including phenoxy) is 13. The Balaban J connectivity index is 1.22. The fourth-order valence-corrected chi connectivity index (χ4v) is 9.67. The Kier molecular flexibility index (Phi) is 20.9. The third-order valence-corrected chi connectivity index (χ3v) is 13.9. The van der Waals surface area contributed by atoms with Crippen LogP contribution in [-0.4, -0.2) is 340 Å². The highest BCUT2D eigenvalue weighted by atomic mass is 16.8. The molecule has 426 valence electrons. The monoisotopic (exact) mass is 1070 g/mol. The second-order valence-electron chi connectivity index (χ2n) is 18.8. The molecular weight excluding hydrogens is 1000 g/mol. The largest absolute Gasteiger partial charge is 0.394 e. The van der Waals surface area contributed by atoms with E-state index in [2.05, 4.69) is 0 Å². The summed E-state index contributed by atoms with van der Waals surface area (Å²) in [5.74, 6) is 0. The van der Waals surface area contributed by atoms with E-state index in [1.54, 1.807) is 0 Å². The van der Waals surface area contributed by atoms with Crippen molar-refractivity contribution in [2.75, 3.05) is 46.2 Å². The molecule has 2 unspecified atom stereocenters. The van der Waals surface area contributed by atoms with Crippen LogP contribution in [0.25, 0.3) is 0 Å². The third-order valence-electron chi connectivity index (χ3n) is 13.9. The van der Waals surface area contributed by atoms with Crippen molar-refractivity contribution in [2.45, 2.75) is 210 Å². The van der Waals surface area contributed by atoms with Gasteiger partial charge in [-0.2, -0.15) is 0 Å². The topological polar surface area (TPSA) is 504 Å². The van der Waals surface area contributed by atoms with Crippen LogP contribution in [0.3, 0.4) is 0 Å². The fraction of sp³-hybridized carbons (Fsp3) is 1.00. The first kappa shape index (κ1) is 59.4. The molecule has 32 atom stereocenters. The highest BCUT2D eigenvalue weighted by molar-refractivity contribution is 5.01. The SMILES string of the molecule is CC(O)C(O)CCO[C@@H]1[C@@H](O)[C@H]2O[C@H]3[C@H](O)[C@@H](O)[C@@H](O[C@H]4[C@H](O)[C@@H](O)[C@@H](O[C@H]5[C@H](O)[C@@H](O)[C@@H](O[C@H]6[C@H](O)[C@@H](O)[C@@H](O[C@H]7[C@H](O)[C@@H](O)[C@@H](O[C@H]1[C@@H](CO)O2)O[C@@H]7CO)O[C@@H]6CO)O[C@@H]5CO)O[C@@H]4CO)O[C@@H]3CO. The smallest absolute Gasteiger partial charge is 0.187 e. The highest BCUT2D eigenvalue weighted by Crippen LogP contribution is 2.38. The summed E-state index contributed by atoms with van der Waals surface area (Å²) in [7, 11) is 0. The molecule has 22 saturated heterocycles. The standard InChI is InChI=1S/C41H70O32/c1-10(48)11(49)2-3-61-35-28(60)41-67-17(9-47)34(35)73-40-27(59)22(54)32(15(7-45)66-40)71-38-25(57)20(52)30(13(5-43)64-38)69-36-23(55)18(50)29(12(4-42)62-36)68-37-24(56)19(51)31(14(6-44)63-37)70-39-26(58)21(53)33(72-41)16(8-46)65-39/h10-60H,2-9H2,1H3/t10?,11?,12-,13-,14-,15-,16-,17-,18-,19-,20-,21-,22-,23-,24-,25-,26-,27-,28-,29-,30-,31-,32-,33-,34+,35-,36-,37-,38-,39-,40-,41-/m1/s1. The maximum Gasteiger partial charge on any atom is 0.187 e. The number of aliphatic hydroxyl groups excluding tert-OH is 19. The van der Waals surface area contributed by atoms with Crippen molar-refractivity contribution in [3.63, 3.8) is 0 Å². The van der Waals surface area contributed by atoms with Gasteiger partial charge in [0, 0.05) is 6.61 Å². The van der Waals surface area contributed by atoms with E-state index in [0.717, 1.165) is 0 Å². The lowest BCUT2D eigenvalue weighted by atomic mass is 9.94. The summed E-state index contributed by atoms with van der Waals surface area (Å²) >= 11 is 0. The van der Waals surface area contributed by atoms with E-state index in [4.69, 9.17) is 61.6 Å². The van der Waals surface area contributed by atoms with E-state index in [1.807, 2.05) is 0 Å². The van der Waals surface area contributed by atoms with Gasteiger partial charge in [-0.1, -0.05) is 0 Å². The fourth-order valence-electron chi connectivity index (χ4n) is 9.67. The van der Waals surface area contributed by atoms with Gasteiger partial charge in [-0.15, -0.1) is 0 Å². The number of aliphatic hydroxyl groups is 19. The van der Waals surface area contributed by atoms with Crippen LogP contribution in [0.15, 0.2) is 0 Å². The second-order valence-corrected chi connectivity index (χ2v) is 18.8. The lowest BCUT2D eigenvalue weighted by Gasteiger charge is -2.51. The Bertz CT molecular complexity index is 1660. The van der Waals surface area contributed by atoms with E-state index >= 15 is 0 Å². The van der Waals surface area contributed by atoms with Gasteiger partial charge in [0.05, 0.1) is 51.8 Å². The third kappa shape index (κ3) is 12.3. The van der Waals surface area contributed by atoms with Gasteiger partial charge in [-0.05, 0) is 13.3 Å². The Morgan fingerprint density at radius 2 is 0.534 bits per heavy atom. The van der Waals surface area contributed by atoms with Crippen LogP contribution in [0.4, 0.5) is 0 Å². The molecule has 0 aromatic rings. The van der Waals surface area contributed by atoms with Crippen LogP contribution in [0.1, 0.15) is 13.3 Å². The molecule has 73 heavy (non-hydrogen) atoms. The summed E-state index contributed by atoms with van der Waals surface area (Å²) in [6, 6.07) is 0. The maximum atomic E-state index is 11.8. The van der Waals surface area contributed by atoms with Gasteiger partial charge in [-0.3, -0.25) is 0 Å². The molecule has 22 fully saturated rings. The van der Waals surface area contributed by atoms with Crippen molar-refractivity contribution >= 4 is 0 Å². The predicted octanol–water partition coefficient (Wildman–Crippen LogP) is -12.9. The van der Waals surface area contributed by atoms with Crippen molar-refractivity contribution in [1.82, 2.24) is 0 Å². The van der Waals surface area contributed by atoms with Gasteiger partial charge in [0.15, 0.2) is 37.7 Å². The van der Waals surface area contributed by atoms with Gasteiger partial charge in [0.25, 0.3) is 0 Å². The van der Waals surface area contributed by atoms with E-state index < -0.39 is 243 Å². The summed E-state index contributed by atoms with van der Waals surface area (Å²) in [6.07, 6.45) is -61.4. The van der Waals surface area contributed by atoms with Gasteiger partial charge >= 0.3 is 0 Å². The molecule has 19 N–H and O–H groups in total. The highest BCUT2D eigenvalue weighted by Gasteiger charge is 2.59. The molecule has 22 aliphatic rings. The number of hydrogen-bond acceptors (Lipinski definition) is 32. The van der Waals surface area contributed by atoms with Crippen LogP contribution in [0, 0.1) is 0 Å². The zero-order valence-corrected chi connectivity index (χ0v) is 38.9. The number of rotatable bonds is 11. The molecule has 0 aromatic carbocycles. The van der Waals surface area contributed by atoms with Crippen molar-refractivity contribution in [3.8, 4) is 0 Å². The van der Waals surface area contributed by atoms with Gasteiger partial charge in [-0.25, -0.2) is 0 Å². The van der Waals surface area contributed by atoms with Crippen LogP contribution < -0.4 is 0 Å². The Morgan fingerprint density at radius 3 is 0.767 bits per heavy atom. The zero-order valence-electron chi connectivity index (χ0n) is 38.9. The minimum atomic E-state index is -2.18. The van der Waals surface area contributed by atoms with Gasteiger partial charge in [0.2, 0.25) is 0 Å². The van der Waals surface area contributed by atoms with Gasteiger partial charge < -0.3 is 159 Å². The average molecular weight is 1070 g/mol. The molecule has 32 heteroatoms. The summed E-state index contributed by atoms with van der Waals surface area (Å²) < 4.78 is 75.1. The first-order valence-electron chi connectivity index (χ1n) is 23.7. The van der Waals surface area contributed by atoms with Crippen LogP contribution in [0.2, 0.25) is 0 Å².